The van der Waals surface area contributed by atoms with E-state index < -0.39 is 23.9 Å². The highest BCUT2D eigenvalue weighted by atomic mass is 16.4. The smallest absolute Gasteiger partial charge is 0.328 e. The molecule has 0 radical (unpaired) electrons. The van der Waals surface area contributed by atoms with Gasteiger partial charge in [-0.3, -0.25) is 4.79 Å². The minimum atomic E-state index is -1.25. The Bertz CT molecular complexity index is 298. The summed E-state index contributed by atoms with van der Waals surface area (Å²) in [5.41, 5.74) is 0. The Kier molecular flexibility index (Phi) is 6.58. The SMILES string of the molecule is CCCCC(NC(=O)/C=C\C(=O)O)C(=O)O. The van der Waals surface area contributed by atoms with Crippen molar-refractivity contribution in [3.05, 3.63) is 12.2 Å². The van der Waals surface area contributed by atoms with Crippen molar-refractivity contribution >= 4 is 17.8 Å². The molecule has 90 valence electrons. The number of carboxylic acid groups (broad SMARTS) is 2. The molecule has 1 amide bonds. The molecule has 1 unspecified atom stereocenters. The lowest BCUT2D eigenvalue weighted by atomic mass is 10.1. The molecule has 0 rings (SSSR count). The fourth-order valence-electron chi connectivity index (χ4n) is 1.03. The van der Waals surface area contributed by atoms with Crippen molar-refractivity contribution < 1.29 is 24.6 Å². The predicted molar refractivity (Wildman–Crippen MR) is 55.9 cm³/mol. The zero-order valence-electron chi connectivity index (χ0n) is 8.97. The van der Waals surface area contributed by atoms with E-state index in [-0.39, 0.29) is 0 Å². The van der Waals surface area contributed by atoms with Gasteiger partial charge in [-0.2, -0.15) is 0 Å². The molecule has 0 aliphatic heterocycles. The van der Waals surface area contributed by atoms with Gasteiger partial charge < -0.3 is 15.5 Å². The van der Waals surface area contributed by atoms with Crippen molar-refractivity contribution in [1.82, 2.24) is 5.32 Å². The zero-order chi connectivity index (χ0) is 12.6. The van der Waals surface area contributed by atoms with Crippen LogP contribution in [0.15, 0.2) is 12.2 Å². The van der Waals surface area contributed by atoms with E-state index in [1.807, 2.05) is 6.92 Å². The summed E-state index contributed by atoms with van der Waals surface area (Å²) in [6.45, 7) is 1.91. The molecule has 3 N–H and O–H groups in total. The number of aliphatic carboxylic acids is 2. The predicted octanol–water partition coefficient (Wildman–Crippen LogP) is 0.387. The number of carbonyl (C=O) groups excluding carboxylic acids is 1. The van der Waals surface area contributed by atoms with Gasteiger partial charge in [0.15, 0.2) is 0 Å². The minimum Gasteiger partial charge on any atom is -0.480 e. The Morgan fingerprint density at radius 1 is 1.25 bits per heavy atom. The van der Waals surface area contributed by atoms with Gasteiger partial charge >= 0.3 is 11.9 Å². The monoisotopic (exact) mass is 229 g/mol. The highest BCUT2D eigenvalue weighted by Gasteiger charge is 2.17. The third-order valence-electron chi connectivity index (χ3n) is 1.84. The Labute approximate surface area is 93.0 Å². The van der Waals surface area contributed by atoms with Crippen LogP contribution < -0.4 is 5.32 Å². The fourth-order valence-corrected chi connectivity index (χ4v) is 1.03. The molecule has 0 aliphatic carbocycles. The molecule has 1 atom stereocenters. The number of nitrogens with one attached hydrogen (secondary N) is 1. The van der Waals surface area contributed by atoms with Crippen LogP contribution in [0.3, 0.4) is 0 Å². The van der Waals surface area contributed by atoms with Crippen molar-refractivity contribution in [2.24, 2.45) is 0 Å². The average Bonchev–Trinajstić information content (AvgIpc) is 2.20. The largest absolute Gasteiger partial charge is 0.480 e. The summed E-state index contributed by atoms with van der Waals surface area (Å²) >= 11 is 0. The molecule has 0 aromatic rings. The highest BCUT2D eigenvalue weighted by Crippen LogP contribution is 2.00. The van der Waals surface area contributed by atoms with Gasteiger partial charge in [-0.1, -0.05) is 19.8 Å². The van der Waals surface area contributed by atoms with Crippen molar-refractivity contribution in [1.29, 1.82) is 0 Å². The van der Waals surface area contributed by atoms with Crippen molar-refractivity contribution in [3.63, 3.8) is 0 Å². The zero-order valence-corrected chi connectivity index (χ0v) is 8.97. The van der Waals surface area contributed by atoms with Crippen LogP contribution >= 0.6 is 0 Å². The Hall–Kier alpha value is -1.85. The molecular formula is C10H15NO5. The van der Waals surface area contributed by atoms with E-state index in [9.17, 15) is 14.4 Å². The summed E-state index contributed by atoms with van der Waals surface area (Å²) < 4.78 is 0. The van der Waals surface area contributed by atoms with Crippen molar-refractivity contribution in [2.45, 2.75) is 32.2 Å². The second kappa shape index (κ2) is 7.44. The van der Waals surface area contributed by atoms with Gasteiger partial charge in [-0.05, 0) is 6.42 Å². The van der Waals surface area contributed by atoms with Crippen LogP contribution in [-0.4, -0.2) is 34.1 Å². The number of hydrogen-bond acceptors (Lipinski definition) is 3. The summed E-state index contributed by atoms with van der Waals surface area (Å²) in [5.74, 6) is -3.09. The molecule has 6 nitrogen and oxygen atoms in total. The van der Waals surface area contributed by atoms with Gasteiger partial charge in [0.25, 0.3) is 0 Å². The van der Waals surface area contributed by atoms with Gasteiger partial charge in [0.1, 0.15) is 6.04 Å². The molecule has 0 saturated carbocycles. The number of rotatable bonds is 7. The lowest BCUT2D eigenvalue weighted by Gasteiger charge is -2.12. The summed E-state index contributed by atoms with van der Waals surface area (Å²) in [7, 11) is 0. The molecule has 0 aromatic carbocycles. The maximum absolute atomic E-state index is 11.1. The summed E-state index contributed by atoms with van der Waals surface area (Å²) in [6, 6.07) is -0.967. The summed E-state index contributed by atoms with van der Waals surface area (Å²) in [5, 5.41) is 19.3. The molecule has 0 spiro atoms. The van der Waals surface area contributed by atoms with Crippen LogP contribution in [-0.2, 0) is 14.4 Å². The molecule has 0 fully saturated rings. The van der Waals surface area contributed by atoms with Crippen molar-refractivity contribution in [2.75, 3.05) is 0 Å². The Morgan fingerprint density at radius 3 is 2.31 bits per heavy atom. The van der Waals surface area contributed by atoms with E-state index in [0.717, 1.165) is 12.5 Å². The molecule has 0 bridgehead atoms. The van der Waals surface area contributed by atoms with Crippen LogP contribution in [0.1, 0.15) is 26.2 Å². The van der Waals surface area contributed by atoms with Crippen LogP contribution in [0.5, 0.6) is 0 Å². The topological polar surface area (TPSA) is 104 Å². The molecule has 0 aliphatic rings. The van der Waals surface area contributed by atoms with E-state index in [4.69, 9.17) is 10.2 Å². The summed E-state index contributed by atoms with van der Waals surface area (Å²) in [6.07, 6.45) is 3.29. The molecule has 0 aromatic heterocycles. The van der Waals surface area contributed by atoms with Crippen LogP contribution in [0, 0.1) is 0 Å². The third kappa shape index (κ3) is 6.58. The molecule has 0 heterocycles. The van der Waals surface area contributed by atoms with E-state index in [0.29, 0.717) is 18.9 Å². The highest BCUT2D eigenvalue weighted by molar-refractivity contribution is 5.95. The van der Waals surface area contributed by atoms with Crippen LogP contribution in [0.2, 0.25) is 0 Å². The third-order valence-corrected chi connectivity index (χ3v) is 1.84. The first-order valence-corrected chi connectivity index (χ1v) is 4.91. The lowest BCUT2D eigenvalue weighted by Crippen LogP contribution is -2.39. The summed E-state index contributed by atoms with van der Waals surface area (Å²) in [4.78, 5) is 31.9. The fraction of sp³-hybridized carbons (Fsp3) is 0.500. The Balaban J connectivity index is 4.23. The van der Waals surface area contributed by atoms with Gasteiger partial charge in [-0.15, -0.1) is 0 Å². The molecule has 16 heavy (non-hydrogen) atoms. The van der Waals surface area contributed by atoms with Gasteiger partial charge in [0.2, 0.25) is 5.91 Å². The van der Waals surface area contributed by atoms with Gasteiger partial charge in [0, 0.05) is 12.2 Å². The second-order valence-electron chi connectivity index (χ2n) is 3.21. The first-order valence-electron chi connectivity index (χ1n) is 4.91. The normalized spacial score (nSPS) is 12.3. The number of unbranched alkanes of at least 4 members (excludes halogenated alkanes) is 1. The van der Waals surface area contributed by atoms with Crippen LogP contribution in [0.4, 0.5) is 0 Å². The molecular weight excluding hydrogens is 214 g/mol. The number of carbonyl (C=O) groups is 3. The maximum atomic E-state index is 11.1. The van der Waals surface area contributed by atoms with E-state index >= 15 is 0 Å². The first kappa shape index (κ1) is 14.2. The second-order valence-corrected chi connectivity index (χ2v) is 3.21. The molecule has 6 heteroatoms. The quantitative estimate of drug-likeness (QED) is 0.548. The maximum Gasteiger partial charge on any atom is 0.328 e. The van der Waals surface area contributed by atoms with Crippen LogP contribution in [0.25, 0.3) is 0 Å². The van der Waals surface area contributed by atoms with E-state index in [1.165, 1.54) is 0 Å². The minimum absolute atomic E-state index is 0.332. The number of carboxylic acids is 2. The lowest BCUT2D eigenvalue weighted by molar-refractivity contribution is -0.141. The van der Waals surface area contributed by atoms with Gasteiger partial charge in [-0.25, -0.2) is 9.59 Å². The number of hydrogen-bond donors (Lipinski definition) is 3. The van der Waals surface area contributed by atoms with Gasteiger partial charge in [0.05, 0.1) is 0 Å². The van der Waals surface area contributed by atoms with Crippen molar-refractivity contribution in [3.8, 4) is 0 Å². The number of amides is 1. The first-order chi connectivity index (χ1) is 7.47. The Morgan fingerprint density at radius 2 is 1.88 bits per heavy atom. The standard InChI is InChI=1S/C10H15NO5/c1-2-3-4-7(10(15)16)11-8(12)5-6-9(13)14/h5-7H,2-4H2,1H3,(H,11,12)(H,13,14)(H,15,16)/b6-5-. The van der Waals surface area contributed by atoms with E-state index in [1.54, 1.807) is 0 Å². The average molecular weight is 229 g/mol. The van der Waals surface area contributed by atoms with E-state index in [2.05, 4.69) is 5.32 Å². The molecule has 0 saturated heterocycles.